The molecule has 0 bridgehead atoms. The second-order valence-electron chi connectivity index (χ2n) is 8.94. The third-order valence-corrected chi connectivity index (χ3v) is 5.29. The molecule has 29 heavy (non-hydrogen) atoms. The molecule has 0 aliphatic rings. The summed E-state index contributed by atoms with van der Waals surface area (Å²) in [6.45, 7) is 12.1. The standard InChI is InChI=1S/C21H29N3O4S/c1-20(2,3)19(27)22-15-8-7-13(14(9-15)12-29-21(4,5)6)10-16-23-17(28-24-16)11-18(25)26/h7-9H,10-12H2,1-6H3,(H,22,27)(H,25,26). The Bertz CT molecular complexity index is 879. The molecule has 8 heteroatoms. The number of carboxylic acid groups (broad SMARTS) is 1. The number of thioether (sulfide) groups is 1. The number of carbonyl (C=O) groups is 2. The van der Waals surface area contributed by atoms with Crippen LogP contribution in [-0.4, -0.2) is 31.9 Å². The molecular formula is C21H29N3O4S. The summed E-state index contributed by atoms with van der Waals surface area (Å²) in [5.41, 5.74) is 2.35. The number of nitrogens with one attached hydrogen (secondary N) is 1. The minimum Gasteiger partial charge on any atom is -0.481 e. The van der Waals surface area contributed by atoms with Gasteiger partial charge in [-0.25, -0.2) is 0 Å². The van der Waals surface area contributed by atoms with Crippen LogP contribution in [0.15, 0.2) is 22.7 Å². The Morgan fingerprint density at radius 1 is 1.14 bits per heavy atom. The van der Waals surface area contributed by atoms with E-state index in [1.807, 2.05) is 39.0 Å². The van der Waals surface area contributed by atoms with Crippen molar-refractivity contribution in [3.63, 3.8) is 0 Å². The molecule has 0 aliphatic carbocycles. The van der Waals surface area contributed by atoms with E-state index in [2.05, 4.69) is 36.2 Å². The third-order valence-electron chi connectivity index (χ3n) is 3.97. The van der Waals surface area contributed by atoms with Crippen LogP contribution >= 0.6 is 11.8 Å². The lowest BCUT2D eigenvalue weighted by molar-refractivity contribution is -0.136. The highest BCUT2D eigenvalue weighted by Crippen LogP contribution is 2.30. The third kappa shape index (κ3) is 7.53. The van der Waals surface area contributed by atoms with Crippen molar-refractivity contribution < 1.29 is 19.2 Å². The zero-order valence-corrected chi connectivity index (χ0v) is 18.6. The molecule has 0 saturated carbocycles. The number of carboxylic acids is 1. The molecule has 0 saturated heterocycles. The van der Waals surface area contributed by atoms with E-state index in [9.17, 15) is 9.59 Å². The van der Waals surface area contributed by atoms with Crippen LogP contribution in [-0.2, 0) is 28.2 Å². The summed E-state index contributed by atoms with van der Waals surface area (Å²) in [6.07, 6.45) is 0.133. The summed E-state index contributed by atoms with van der Waals surface area (Å²) in [7, 11) is 0. The van der Waals surface area contributed by atoms with Crippen LogP contribution in [0.4, 0.5) is 5.69 Å². The molecule has 2 rings (SSSR count). The van der Waals surface area contributed by atoms with Crippen molar-refractivity contribution in [1.82, 2.24) is 10.1 Å². The van der Waals surface area contributed by atoms with Gasteiger partial charge in [0.1, 0.15) is 6.42 Å². The normalized spacial score (nSPS) is 12.1. The fourth-order valence-electron chi connectivity index (χ4n) is 2.36. The highest BCUT2D eigenvalue weighted by Gasteiger charge is 2.22. The lowest BCUT2D eigenvalue weighted by atomic mass is 9.95. The van der Waals surface area contributed by atoms with Crippen molar-refractivity contribution in [2.75, 3.05) is 5.32 Å². The Hall–Kier alpha value is -2.35. The van der Waals surface area contributed by atoms with Gasteiger partial charge in [-0.2, -0.15) is 16.7 Å². The van der Waals surface area contributed by atoms with Crippen LogP contribution in [0.25, 0.3) is 0 Å². The van der Waals surface area contributed by atoms with Gasteiger partial charge in [0.25, 0.3) is 0 Å². The average molecular weight is 420 g/mol. The molecule has 1 aromatic carbocycles. The predicted molar refractivity (Wildman–Crippen MR) is 114 cm³/mol. The van der Waals surface area contributed by atoms with Gasteiger partial charge in [-0.1, -0.05) is 52.8 Å². The molecule has 2 N–H and O–H groups in total. The first-order valence-electron chi connectivity index (χ1n) is 9.44. The maximum absolute atomic E-state index is 12.3. The monoisotopic (exact) mass is 419 g/mol. The highest BCUT2D eigenvalue weighted by atomic mass is 32.2. The molecular weight excluding hydrogens is 390 g/mol. The van der Waals surface area contributed by atoms with Crippen LogP contribution in [0.3, 0.4) is 0 Å². The van der Waals surface area contributed by atoms with E-state index >= 15 is 0 Å². The number of hydrogen-bond donors (Lipinski definition) is 2. The molecule has 7 nitrogen and oxygen atoms in total. The van der Waals surface area contributed by atoms with Crippen LogP contribution in [0.5, 0.6) is 0 Å². The van der Waals surface area contributed by atoms with Crippen LogP contribution < -0.4 is 5.32 Å². The molecule has 158 valence electrons. The quantitative estimate of drug-likeness (QED) is 0.689. The number of anilines is 1. The number of aliphatic carboxylic acids is 1. The van der Waals surface area contributed by atoms with Crippen molar-refractivity contribution in [2.45, 2.75) is 64.9 Å². The summed E-state index contributed by atoms with van der Waals surface area (Å²) in [4.78, 5) is 27.3. The van der Waals surface area contributed by atoms with Gasteiger partial charge in [-0.3, -0.25) is 9.59 Å². The van der Waals surface area contributed by atoms with Gasteiger partial charge in [0.15, 0.2) is 5.82 Å². The van der Waals surface area contributed by atoms with Crippen molar-refractivity contribution >= 4 is 29.3 Å². The van der Waals surface area contributed by atoms with Crippen LogP contribution in [0.2, 0.25) is 0 Å². The van der Waals surface area contributed by atoms with Crippen molar-refractivity contribution in [2.24, 2.45) is 5.41 Å². The molecule has 1 amide bonds. The minimum absolute atomic E-state index is 0.0452. The number of carbonyl (C=O) groups excluding carboxylic acids is 1. The zero-order valence-electron chi connectivity index (χ0n) is 17.8. The Kier molecular flexibility index (Phi) is 7.11. The molecule has 0 spiro atoms. The molecule has 0 atom stereocenters. The van der Waals surface area contributed by atoms with E-state index in [1.165, 1.54) is 0 Å². The smallest absolute Gasteiger partial charge is 0.312 e. The summed E-state index contributed by atoms with van der Waals surface area (Å²) < 4.78 is 5.10. The second kappa shape index (κ2) is 8.98. The van der Waals surface area contributed by atoms with Gasteiger partial charge < -0.3 is 14.9 Å². The summed E-state index contributed by atoms with van der Waals surface area (Å²) in [5.74, 6) is 0.234. The second-order valence-corrected chi connectivity index (χ2v) is 10.7. The van der Waals surface area contributed by atoms with Gasteiger partial charge in [0, 0.05) is 28.0 Å². The number of rotatable bonds is 7. The molecule has 0 aliphatic heterocycles. The highest BCUT2D eigenvalue weighted by molar-refractivity contribution is 7.99. The lowest BCUT2D eigenvalue weighted by Crippen LogP contribution is -2.27. The van der Waals surface area contributed by atoms with Crippen LogP contribution in [0, 0.1) is 5.41 Å². The van der Waals surface area contributed by atoms with Crippen molar-refractivity contribution in [1.29, 1.82) is 0 Å². The maximum Gasteiger partial charge on any atom is 0.312 e. The first kappa shape index (κ1) is 22.9. The van der Waals surface area contributed by atoms with E-state index in [1.54, 1.807) is 11.8 Å². The van der Waals surface area contributed by atoms with Gasteiger partial charge in [0.05, 0.1) is 0 Å². The van der Waals surface area contributed by atoms with Gasteiger partial charge in [-0.05, 0) is 23.3 Å². The topological polar surface area (TPSA) is 105 Å². The molecule has 2 aromatic rings. The maximum atomic E-state index is 12.3. The molecule has 0 unspecified atom stereocenters. The van der Waals surface area contributed by atoms with Gasteiger partial charge in [-0.15, -0.1) is 0 Å². The fraction of sp³-hybridized carbons (Fsp3) is 0.524. The molecule has 0 radical (unpaired) electrons. The van der Waals surface area contributed by atoms with E-state index < -0.39 is 11.4 Å². The van der Waals surface area contributed by atoms with Gasteiger partial charge in [0.2, 0.25) is 11.8 Å². The van der Waals surface area contributed by atoms with Crippen LogP contribution in [0.1, 0.15) is 64.4 Å². The SMILES string of the molecule is CC(C)(C)SCc1cc(NC(=O)C(C)(C)C)ccc1Cc1noc(CC(=O)O)n1. The fourth-order valence-corrected chi connectivity index (χ4v) is 3.21. The van der Waals surface area contributed by atoms with Crippen molar-refractivity contribution in [3.8, 4) is 0 Å². The predicted octanol–water partition coefficient (Wildman–Crippen LogP) is 4.30. The summed E-state index contributed by atoms with van der Waals surface area (Å²) >= 11 is 1.80. The summed E-state index contributed by atoms with van der Waals surface area (Å²) in [5, 5.41) is 15.7. The van der Waals surface area contributed by atoms with E-state index in [0.717, 1.165) is 22.6 Å². The Morgan fingerprint density at radius 3 is 2.41 bits per heavy atom. The Balaban J connectivity index is 2.26. The van der Waals surface area contributed by atoms with E-state index in [4.69, 9.17) is 9.63 Å². The number of nitrogens with zero attached hydrogens (tertiary/aromatic N) is 2. The minimum atomic E-state index is -1.01. The van der Waals surface area contributed by atoms with Crippen molar-refractivity contribution in [3.05, 3.63) is 41.0 Å². The molecule has 1 heterocycles. The Labute approximate surface area is 175 Å². The first-order valence-corrected chi connectivity index (χ1v) is 10.4. The number of aromatic nitrogens is 2. The molecule has 1 aromatic heterocycles. The first-order chi connectivity index (χ1) is 13.3. The van der Waals surface area contributed by atoms with Gasteiger partial charge >= 0.3 is 5.97 Å². The van der Waals surface area contributed by atoms with E-state index in [-0.39, 0.29) is 23.0 Å². The lowest BCUT2D eigenvalue weighted by Gasteiger charge is -2.21. The zero-order chi connectivity index (χ0) is 21.8. The largest absolute Gasteiger partial charge is 0.481 e. The molecule has 0 fully saturated rings. The van der Waals surface area contributed by atoms with E-state index in [0.29, 0.717) is 12.2 Å². The Morgan fingerprint density at radius 2 is 1.83 bits per heavy atom. The number of amides is 1. The average Bonchev–Trinajstić information content (AvgIpc) is 2.99. The number of benzene rings is 1. The number of hydrogen-bond acceptors (Lipinski definition) is 6. The summed E-state index contributed by atoms with van der Waals surface area (Å²) in [6, 6.07) is 5.79.